The minimum atomic E-state index is 0.391. The van der Waals surface area contributed by atoms with E-state index < -0.39 is 0 Å². The third kappa shape index (κ3) is 1.83. The summed E-state index contributed by atoms with van der Waals surface area (Å²) in [6, 6.07) is 5.84. The molecule has 1 fully saturated rings. The lowest BCUT2D eigenvalue weighted by Crippen LogP contribution is -2.07. The Bertz CT molecular complexity index is 283. The fourth-order valence-electron chi connectivity index (χ4n) is 1.97. The Kier molecular flexibility index (Phi) is 2.23. The van der Waals surface area contributed by atoms with Crippen molar-refractivity contribution >= 4 is 0 Å². The Morgan fingerprint density at radius 1 is 1.38 bits per heavy atom. The van der Waals surface area contributed by atoms with Gasteiger partial charge in [-0.1, -0.05) is 6.07 Å². The molecule has 0 saturated carbocycles. The molecule has 0 amide bonds. The van der Waals surface area contributed by atoms with E-state index in [4.69, 9.17) is 0 Å². The van der Waals surface area contributed by atoms with Crippen molar-refractivity contribution in [1.82, 2.24) is 5.32 Å². The van der Waals surface area contributed by atoms with Gasteiger partial charge in [0.1, 0.15) is 5.75 Å². The predicted molar refractivity (Wildman–Crippen MR) is 53.1 cm³/mol. The maximum atomic E-state index is 9.43. The van der Waals surface area contributed by atoms with Crippen LogP contribution < -0.4 is 5.32 Å². The standard InChI is InChI=1S/C11H15NO/c1-8-4-10(6-11(13)5-8)9-2-3-12-7-9/h4-6,9,12-13H,2-3,7H2,1H3/t9-/m0/s1. The first-order chi connectivity index (χ1) is 6.25. The molecule has 0 aliphatic carbocycles. The second-order valence-corrected chi connectivity index (χ2v) is 3.79. The van der Waals surface area contributed by atoms with Crippen LogP contribution in [0, 0.1) is 6.92 Å². The van der Waals surface area contributed by atoms with Crippen LogP contribution in [0.1, 0.15) is 23.5 Å². The molecule has 0 bridgehead atoms. The summed E-state index contributed by atoms with van der Waals surface area (Å²) in [6.45, 7) is 4.16. The zero-order valence-corrected chi connectivity index (χ0v) is 7.88. The molecule has 0 radical (unpaired) electrons. The second-order valence-electron chi connectivity index (χ2n) is 3.79. The number of hydrogen-bond donors (Lipinski definition) is 2. The van der Waals surface area contributed by atoms with Crippen LogP contribution in [0.3, 0.4) is 0 Å². The number of nitrogens with one attached hydrogen (secondary N) is 1. The molecule has 1 aliphatic heterocycles. The molecule has 2 rings (SSSR count). The molecule has 2 heteroatoms. The van der Waals surface area contributed by atoms with Crippen molar-refractivity contribution in [3.05, 3.63) is 29.3 Å². The molecule has 1 aromatic rings. The first-order valence-electron chi connectivity index (χ1n) is 4.77. The van der Waals surface area contributed by atoms with E-state index in [2.05, 4.69) is 11.4 Å². The van der Waals surface area contributed by atoms with Gasteiger partial charge in [0.2, 0.25) is 0 Å². The molecular weight excluding hydrogens is 162 g/mol. The normalized spacial score (nSPS) is 22.1. The van der Waals surface area contributed by atoms with Crippen molar-refractivity contribution in [1.29, 1.82) is 0 Å². The molecule has 2 nitrogen and oxygen atoms in total. The smallest absolute Gasteiger partial charge is 0.116 e. The third-order valence-electron chi connectivity index (χ3n) is 2.62. The maximum Gasteiger partial charge on any atom is 0.116 e. The Labute approximate surface area is 78.6 Å². The van der Waals surface area contributed by atoms with Gasteiger partial charge in [0.25, 0.3) is 0 Å². The van der Waals surface area contributed by atoms with E-state index in [1.807, 2.05) is 13.0 Å². The average Bonchev–Trinajstić information content (AvgIpc) is 2.53. The number of rotatable bonds is 1. The molecule has 1 heterocycles. The largest absolute Gasteiger partial charge is 0.508 e. The minimum absolute atomic E-state index is 0.391. The fraction of sp³-hybridized carbons (Fsp3) is 0.455. The summed E-state index contributed by atoms with van der Waals surface area (Å²) >= 11 is 0. The third-order valence-corrected chi connectivity index (χ3v) is 2.62. The van der Waals surface area contributed by atoms with Gasteiger partial charge in [-0.25, -0.2) is 0 Å². The quantitative estimate of drug-likeness (QED) is 0.685. The molecule has 0 aromatic heterocycles. The monoisotopic (exact) mass is 177 g/mol. The number of phenolic OH excluding ortho intramolecular Hbond substituents is 1. The van der Waals surface area contributed by atoms with Gasteiger partial charge >= 0.3 is 0 Å². The van der Waals surface area contributed by atoms with Gasteiger partial charge in [0.05, 0.1) is 0 Å². The Morgan fingerprint density at radius 3 is 2.85 bits per heavy atom. The molecule has 70 valence electrons. The van der Waals surface area contributed by atoms with Crippen LogP contribution in [0.5, 0.6) is 5.75 Å². The molecular formula is C11H15NO. The van der Waals surface area contributed by atoms with Gasteiger partial charge in [-0.15, -0.1) is 0 Å². The van der Waals surface area contributed by atoms with Crippen molar-refractivity contribution in [2.75, 3.05) is 13.1 Å². The average molecular weight is 177 g/mol. The van der Waals surface area contributed by atoms with Gasteiger partial charge in [-0.2, -0.15) is 0 Å². The van der Waals surface area contributed by atoms with E-state index in [0.29, 0.717) is 11.7 Å². The highest BCUT2D eigenvalue weighted by atomic mass is 16.3. The van der Waals surface area contributed by atoms with Crippen molar-refractivity contribution in [2.24, 2.45) is 0 Å². The zero-order valence-electron chi connectivity index (χ0n) is 7.88. The first-order valence-corrected chi connectivity index (χ1v) is 4.77. The first kappa shape index (κ1) is 8.57. The summed E-state index contributed by atoms with van der Waals surface area (Å²) < 4.78 is 0. The summed E-state index contributed by atoms with van der Waals surface area (Å²) in [6.07, 6.45) is 1.18. The topological polar surface area (TPSA) is 32.3 Å². The Hall–Kier alpha value is -1.02. The molecule has 1 aliphatic rings. The summed E-state index contributed by atoms with van der Waals surface area (Å²) in [5.41, 5.74) is 2.41. The highest BCUT2D eigenvalue weighted by Gasteiger charge is 2.16. The fourth-order valence-corrected chi connectivity index (χ4v) is 1.97. The van der Waals surface area contributed by atoms with Gasteiger partial charge < -0.3 is 10.4 Å². The lowest BCUT2D eigenvalue weighted by molar-refractivity contribution is 0.473. The van der Waals surface area contributed by atoms with E-state index in [-0.39, 0.29) is 0 Å². The molecule has 2 N–H and O–H groups in total. The maximum absolute atomic E-state index is 9.43. The van der Waals surface area contributed by atoms with Crippen molar-refractivity contribution in [3.8, 4) is 5.75 Å². The van der Waals surface area contributed by atoms with Crippen LogP contribution in [0.25, 0.3) is 0 Å². The number of aromatic hydroxyl groups is 1. The van der Waals surface area contributed by atoms with Gasteiger partial charge in [0.15, 0.2) is 0 Å². The van der Waals surface area contributed by atoms with E-state index in [9.17, 15) is 5.11 Å². The molecule has 1 aromatic carbocycles. The highest BCUT2D eigenvalue weighted by molar-refractivity contribution is 5.35. The lowest BCUT2D eigenvalue weighted by Gasteiger charge is -2.09. The molecule has 13 heavy (non-hydrogen) atoms. The van der Waals surface area contributed by atoms with Crippen LogP contribution in [0.4, 0.5) is 0 Å². The van der Waals surface area contributed by atoms with Crippen LogP contribution in [0.2, 0.25) is 0 Å². The molecule has 1 saturated heterocycles. The van der Waals surface area contributed by atoms with E-state index in [1.54, 1.807) is 6.07 Å². The van der Waals surface area contributed by atoms with Crippen LogP contribution >= 0.6 is 0 Å². The van der Waals surface area contributed by atoms with Crippen LogP contribution in [-0.2, 0) is 0 Å². The number of phenols is 1. The zero-order chi connectivity index (χ0) is 9.26. The minimum Gasteiger partial charge on any atom is -0.508 e. The number of benzene rings is 1. The van der Waals surface area contributed by atoms with E-state index in [0.717, 1.165) is 18.7 Å². The van der Waals surface area contributed by atoms with Crippen LogP contribution in [-0.4, -0.2) is 18.2 Å². The SMILES string of the molecule is Cc1cc(O)cc([C@H]2CCNC2)c1. The summed E-state index contributed by atoms with van der Waals surface area (Å²) in [7, 11) is 0. The molecule has 0 spiro atoms. The van der Waals surface area contributed by atoms with Gasteiger partial charge in [-0.05, 0) is 49.1 Å². The van der Waals surface area contributed by atoms with Gasteiger partial charge in [0, 0.05) is 6.54 Å². The molecule has 1 atom stereocenters. The molecule has 0 unspecified atom stereocenters. The van der Waals surface area contributed by atoms with E-state index >= 15 is 0 Å². The number of hydrogen-bond acceptors (Lipinski definition) is 2. The van der Waals surface area contributed by atoms with Crippen molar-refractivity contribution in [2.45, 2.75) is 19.3 Å². The van der Waals surface area contributed by atoms with Gasteiger partial charge in [-0.3, -0.25) is 0 Å². The second kappa shape index (κ2) is 3.38. The Morgan fingerprint density at radius 2 is 2.23 bits per heavy atom. The number of aryl methyl sites for hydroxylation is 1. The predicted octanol–water partition coefficient (Wildman–Crippen LogP) is 1.78. The lowest BCUT2D eigenvalue weighted by atomic mass is 9.97. The van der Waals surface area contributed by atoms with Crippen LogP contribution in [0.15, 0.2) is 18.2 Å². The highest BCUT2D eigenvalue weighted by Crippen LogP contribution is 2.26. The van der Waals surface area contributed by atoms with Crippen molar-refractivity contribution < 1.29 is 5.11 Å². The Balaban J connectivity index is 2.28. The summed E-state index contributed by atoms with van der Waals surface area (Å²) in [4.78, 5) is 0. The van der Waals surface area contributed by atoms with Crippen molar-refractivity contribution in [3.63, 3.8) is 0 Å². The van der Waals surface area contributed by atoms with E-state index in [1.165, 1.54) is 12.0 Å². The summed E-state index contributed by atoms with van der Waals surface area (Å²) in [5, 5.41) is 12.8. The summed E-state index contributed by atoms with van der Waals surface area (Å²) in [5.74, 6) is 0.979.